The van der Waals surface area contributed by atoms with E-state index in [1.165, 1.54) is 0 Å². The number of nitrogens with one attached hydrogen (secondary N) is 1. The third kappa shape index (κ3) is 2.75. The van der Waals surface area contributed by atoms with Gasteiger partial charge in [-0.3, -0.25) is 9.59 Å². The number of carbonyl (C=O) groups excluding carboxylic acids is 1. The SMILES string of the molecule is C[C@H]1CN(C)c2ccccc2CN1C(=O)c1cc2ccccc2c(=O)[nH]1. The standard InChI is InChI=1S/C21H21N3O2/c1-14-12-23(2)19-10-6-4-8-16(19)13-24(14)21(26)18-11-15-7-3-5-9-17(15)20(25)22-18/h3-11,14H,12-13H2,1-2H3,(H,22,25)/t14-/m0/s1. The van der Waals surface area contributed by atoms with Crippen LogP contribution in [0.1, 0.15) is 23.0 Å². The van der Waals surface area contributed by atoms with Gasteiger partial charge in [-0.1, -0.05) is 36.4 Å². The fourth-order valence-electron chi connectivity index (χ4n) is 3.70. The zero-order chi connectivity index (χ0) is 18.3. The fourth-order valence-corrected chi connectivity index (χ4v) is 3.70. The first-order chi connectivity index (χ1) is 12.5. The topological polar surface area (TPSA) is 56.4 Å². The second kappa shape index (κ2) is 6.33. The minimum Gasteiger partial charge on any atom is -0.372 e. The highest BCUT2D eigenvalue weighted by molar-refractivity contribution is 5.96. The molecule has 0 saturated carbocycles. The summed E-state index contributed by atoms with van der Waals surface area (Å²) < 4.78 is 0. The average molecular weight is 347 g/mol. The lowest BCUT2D eigenvalue weighted by Gasteiger charge is -2.28. The number of rotatable bonds is 1. The van der Waals surface area contributed by atoms with Gasteiger partial charge in [0, 0.05) is 37.3 Å². The van der Waals surface area contributed by atoms with E-state index in [0.717, 1.165) is 23.2 Å². The molecule has 1 aliphatic rings. The van der Waals surface area contributed by atoms with Crippen LogP contribution in [0.5, 0.6) is 0 Å². The van der Waals surface area contributed by atoms with Crippen molar-refractivity contribution in [3.8, 4) is 0 Å². The predicted molar refractivity (Wildman–Crippen MR) is 104 cm³/mol. The first kappa shape index (κ1) is 16.4. The van der Waals surface area contributed by atoms with E-state index in [9.17, 15) is 9.59 Å². The maximum absolute atomic E-state index is 13.2. The summed E-state index contributed by atoms with van der Waals surface area (Å²) in [7, 11) is 2.04. The van der Waals surface area contributed by atoms with E-state index in [1.807, 2.05) is 55.3 Å². The lowest BCUT2D eigenvalue weighted by atomic mass is 10.1. The molecule has 0 radical (unpaired) electrons. The highest BCUT2D eigenvalue weighted by Crippen LogP contribution is 2.27. The van der Waals surface area contributed by atoms with Crippen LogP contribution in [0, 0.1) is 0 Å². The number of aromatic nitrogens is 1. The van der Waals surface area contributed by atoms with E-state index < -0.39 is 0 Å². The van der Waals surface area contributed by atoms with E-state index in [-0.39, 0.29) is 17.5 Å². The minimum atomic E-state index is -0.230. The highest BCUT2D eigenvalue weighted by atomic mass is 16.2. The van der Waals surface area contributed by atoms with Gasteiger partial charge in [-0.05, 0) is 36.1 Å². The number of carbonyl (C=O) groups is 1. The van der Waals surface area contributed by atoms with Crippen LogP contribution in [0.4, 0.5) is 5.69 Å². The number of benzene rings is 2. The smallest absolute Gasteiger partial charge is 0.270 e. The van der Waals surface area contributed by atoms with Gasteiger partial charge in [-0.25, -0.2) is 0 Å². The molecule has 1 atom stereocenters. The molecule has 1 N–H and O–H groups in total. The molecule has 0 unspecified atom stereocenters. The van der Waals surface area contributed by atoms with Gasteiger partial charge in [0.2, 0.25) is 0 Å². The number of para-hydroxylation sites is 1. The second-order valence-electron chi connectivity index (χ2n) is 6.89. The maximum atomic E-state index is 13.2. The monoisotopic (exact) mass is 347 g/mol. The lowest BCUT2D eigenvalue weighted by molar-refractivity contribution is 0.0681. The van der Waals surface area contributed by atoms with Crippen LogP contribution in [-0.2, 0) is 6.54 Å². The molecule has 0 aliphatic carbocycles. The number of aromatic amines is 1. The van der Waals surface area contributed by atoms with Crippen LogP contribution in [-0.4, -0.2) is 35.4 Å². The summed E-state index contributed by atoms with van der Waals surface area (Å²) in [6.45, 7) is 3.30. The molecule has 5 heteroatoms. The molecular formula is C21H21N3O2. The number of hydrogen-bond donors (Lipinski definition) is 1. The average Bonchev–Trinajstić information content (AvgIpc) is 2.77. The number of hydrogen-bond acceptors (Lipinski definition) is 3. The number of amides is 1. The molecular weight excluding hydrogens is 326 g/mol. The molecule has 1 aromatic heterocycles. The summed E-state index contributed by atoms with van der Waals surface area (Å²) in [5.41, 5.74) is 2.35. The van der Waals surface area contributed by atoms with E-state index >= 15 is 0 Å². The van der Waals surface area contributed by atoms with Gasteiger partial charge in [0.15, 0.2) is 0 Å². The van der Waals surface area contributed by atoms with E-state index in [4.69, 9.17) is 0 Å². The van der Waals surface area contributed by atoms with Crippen molar-refractivity contribution in [1.29, 1.82) is 0 Å². The maximum Gasteiger partial charge on any atom is 0.270 e. The Morgan fingerprint density at radius 3 is 2.69 bits per heavy atom. The van der Waals surface area contributed by atoms with Crippen molar-refractivity contribution in [1.82, 2.24) is 9.88 Å². The van der Waals surface area contributed by atoms with E-state index in [2.05, 4.69) is 16.0 Å². The molecule has 0 fully saturated rings. The number of H-pyrrole nitrogens is 1. The van der Waals surface area contributed by atoms with Crippen molar-refractivity contribution in [2.75, 3.05) is 18.5 Å². The van der Waals surface area contributed by atoms with Crippen LogP contribution in [0.25, 0.3) is 10.8 Å². The summed E-state index contributed by atoms with van der Waals surface area (Å²) in [6.07, 6.45) is 0. The van der Waals surface area contributed by atoms with Crippen molar-refractivity contribution in [3.05, 3.63) is 76.2 Å². The second-order valence-corrected chi connectivity index (χ2v) is 6.89. The van der Waals surface area contributed by atoms with Crippen molar-refractivity contribution >= 4 is 22.4 Å². The largest absolute Gasteiger partial charge is 0.372 e. The van der Waals surface area contributed by atoms with Gasteiger partial charge in [0.25, 0.3) is 11.5 Å². The summed E-state index contributed by atoms with van der Waals surface area (Å²) >= 11 is 0. The first-order valence-electron chi connectivity index (χ1n) is 8.76. The normalized spacial score (nSPS) is 17.1. The highest BCUT2D eigenvalue weighted by Gasteiger charge is 2.28. The molecule has 4 rings (SSSR count). The molecule has 2 heterocycles. The molecule has 0 saturated heterocycles. The predicted octanol–water partition coefficient (Wildman–Crippen LogP) is 3.01. The number of fused-ring (bicyclic) bond motifs is 2. The molecule has 0 spiro atoms. The molecule has 5 nitrogen and oxygen atoms in total. The van der Waals surface area contributed by atoms with Crippen molar-refractivity contribution < 1.29 is 4.79 Å². The summed E-state index contributed by atoms with van der Waals surface area (Å²) in [4.78, 5) is 32.3. The molecule has 26 heavy (non-hydrogen) atoms. The zero-order valence-corrected chi connectivity index (χ0v) is 14.9. The first-order valence-corrected chi connectivity index (χ1v) is 8.76. The van der Waals surface area contributed by atoms with Crippen LogP contribution < -0.4 is 10.5 Å². The number of anilines is 1. The van der Waals surface area contributed by atoms with Gasteiger partial charge < -0.3 is 14.8 Å². The molecule has 0 bridgehead atoms. The van der Waals surface area contributed by atoms with Crippen LogP contribution in [0.2, 0.25) is 0 Å². The summed E-state index contributed by atoms with van der Waals surface area (Å²) in [6, 6.07) is 17.2. The zero-order valence-electron chi connectivity index (χ0n) is 14.9. The van der Waals surface area contributed by atoms with E-state index in [0.29, 0.717) is 17.6 Å². The molecule has 1 aliphatic heterocycles. The number of pyridine rings is 1. The van der Waals surface area contributed by atoms with Crippen molar-refractivity contribution in [2.24, 2.45) is 0 Å². The Labute approximate surface area is 151 Å². The van der Waals surface area contributed by atoms with Gasteiger partial charge in [0.1, 0.15) is 5.69 Å². The van der Waals surface area contributed by atoms with Crippen LogP contribution in [0.15, 0.2) is 59.4 Å². The van der Waals surface area contributed by atoms with Crippen LogP contribution in [0.3, 0.4) is 0 Å². The van der Waals surface area contributed by atoms with Crippen molar-refractivity contribution in [3.63, 3.8) is 0 Å². The van der Waals surface area contributed by atoms with Gasteiger partial charge in [-0.2, -0.15) is 0 Å². The van der Waals surface area contributed by atoms with E-state index in [1.54, 1.807) is 12.1 Å². The van der Waals surface area contributed by atoms with Gasteiger partial charge in [0.05, 0.1) is 0 Å². The Balaban J connectivity index is 1.75. The molecule has 1 amide bonds. The van der Waals surface area contributed by atoms with Gasteiger partial charge in [-0.15, -0.1) is 0 Å². The Bertz CT molecular complexity index is 1040. The lowest BCUT2D eigenvalue weighted by Crippen LogP contribution is -2.42. The molecule has 2 aromatic carbocycles. The fraction of sp³-hybridized carbons (Fsp3) is 0.238. The number of likely N-dealkylation sites (N-methyl/N-ethyl adjacent to an activating group) is 1. The Morgan fingerprint density at radius 1 is 1.12 bits per heavy atom. The minimum absolute atomic E-state index is 0.0230. The summed E-state index contributed by atoms with van der Waals surface area (Å²) in [5, 5.41) is 1.37. The van der Waals surface area contributed by atoms with Crippen molar-refractivity contribution in [2.45, 2.75) is 19.5 Å². The van der Waals surface area contributed by atoms with Crippen LogP contribution >= 0.6 is 0 Å². The Morgan fingerprint density at radius 2 is 1.85 bits per heavy atom. The number of nitrogens with zero attached hydrogens (tertiary/aromatic N) is 2. The third-order valence-corrected chi connectivity index (χ3v) is 5.06. The quantitative estimate of drug-likeness (QED) is 0.736. The third-order valence-electron chi connectivity index (χ3n) is 5.06. The Hall–Kier alpha value is -3.08. The van der Waals surface area contributed by atoms with Gasteiger partial charge >= 0.3 is 0 Å². The summed E-state index contributed by atoms with van der Waals surface area (Å²) in [5.74, 6) is -0.148. The Kier molecular flexibility index (Phi) is 3.99. The molecule has 3 aromatic rings. The molecule has 132 valence electrons.